The van der Waals surface area contributed by atoms with Crippen LogP contribution in [0.4, 0.5) is 0 Å². The van der Waals surface area contributed by atoms with Crippen LogP contribution >= 0.6 is 11.8 Å². The van der Waals surface area contributed by atoms with Crippen molar-refractivity contribution in [1.29, 1.82) is 0 Å². The van der Waals surface area contributed by atoms with E-state index in [1.165, 1.54) is 0 Å². The Morgan fingerprint density at radius 1 is 1.80 bits per heavy atom. The Hall–Kier alpha value is -0.640. The summed E-state index contributed by atoms with van der Waals surface area (Å²) in [4.78, 5) is 4.12. The summed E-state index contributed by atoms with van der Waals surface area (Å²) >= 11 is 1.63. The number of rotatable bonds is 3. The Kier molecular flexibility index (Phi) is 2.62. The van der Waals surface area contributed by atoms with Gasteiger partial charge in [0.25, 0.3) is 0 Å². The van der Waals surface area contributed by atoms with Crippen LogP contribution in [-0.4, -0.2) is 22.5 Å². The van der Waals surface area contributed by atoms with E-state index in [9.17, 15) is 0 Å². The van der Waals surface area contributed by atoms with Crippen molar-refractivity contribution in [1.82, 2.24) is 9.66 Å². The zero-order valence-electron chi connectivity index (χ0n) is 6.16. The monoisotopic (exact) mass is 157 g/mol. The topological polar surface area (TPSA) is 29.9 Å². The Morgan fingerprint density at radius 2 is 2.60 bits per heavy atom. The van der Waals surface area contributed by atoms with Gasteiger partial charge in [0.1, 0.15) is 0 Å². The molecule has 3 nitrogen and oxygen atoms in total. The molecule has 0 fully saturated rings. The van der Waals surface area contributed by atoms with Crippen molar-refractivity contribution in [3.05, 3.63) is 12.4 Å². The van der Waals surface area contributed by atoms with Gasteiger partial charge in [0.2, 0.25) is 0 Å². The molecule has 0 radical (unpaired) electrons. The SMILES string of the molecule is CCNn1ccnc1SC. The fourth-order valence-corrected chi connectivity index (χ4v) is 1.22. The van der Waals surface area contributed by atoms with E-state index in [2.05, 4.69) is 17.3 Å². The average molecular weight is 157 g/mol. The maximum Gasteiger partial charge on any atom is 0.186 e. The van der Waals surface area contributed by atoms with E-state index < -0.39 is 0 Å². The lowest BCUT2D eigenvalue weighted by molar-refractivity contribution is 0.768. The minimum absolute atomic E-state index is 0.921. The smallest absolute Gasteiger partial charge is 0.186 e. The number of aromatic nitrogens is 2. The summed E-state index contributed by atoms with van der Waals surface area (Å²) in [5.41, 5.74) is 3.14. The first kappa shape index (κ1) is 7.47. The van der Waals surface area contributed by atoms with Crippen molar-refractivity contribution in [3.8, 4) is 0 Å². The highest BCUT2D eigenvalue weighted by Gasteiger charge is 1.96. The van der Waals surface area contributed by atoms with Gasteiger partial charge in [0.15, 0.2) is 5.16 Å². The molecule has 1 heterocycles. The van der Waals surface area contributed by atoms with Gasteiger partial charge >= 0.3 is 0 Å². The van der Waals surface area contributed by atoms with Crippen molar-refractivity contribution >= 4 is 11.8 Å². The van der Waals surface area contributed by atoms with Gasteiger partial charge in [-0.1, -0.05) is 11.8 Å². The van der Waals surface area contributed by atoms with Gasteiger partial charge in [-0.25, -0.2) is 9.66 Å². The van der Waals surface area contributed by atoms with E-state index >= 15 is 0 Å². The summed E-state index contributed by atoms with van der Waals surface area (Å²) < 4.78 is 1.92. The van der Waals surface area contributed by atoms with Crippen LogP contribution in [0.25, 0.3) is 0 Å². The Balaban J connectivity index is 2.70. The first-order chi connectivity index (χ1) is 4.88. The normalized spacial score (nSPS) is 9.80. The zero-order chi connectivity index (χ0) is 7.40. The van der Waals surface area contributed by atoms with Crippen molar-refractivity contribution in [2.75, 3.05) is 18.2 Å². The quantitative estimate of drug-likeness (QED) is 0.668. The molecule has 4 heteroatoms. The highest BCUT2D eigenvalue weighted by Crippen LogP contribution is 2.08. The molecule has 0 aliphatic rings. The Labute approximate surface area is 64.8 Å². The Bertz CT molecular complexity index is 197. The highest BCUT2D eigenvalue weighted by atomic mass is 32.2. The lowest BCUT2D eigenvalue weighted by Gasteiger charge is -2.05. The molecular formula is C6H11N3S. The first-order valence-corrected chi connectivity index (χ1v) is 4.42. The average Bonchev–Trinajstić information content (AvgIpc) is 2.36. The second-order valence-corrected chi connectivity index (χ2v) is 2.57. The van der Waals surface area contributed by atoms with E-state index in [0.717, 1.165) is 11.7 Å². The van der Waals surface area contributed by atoms with Crippen LogP contribution in [0.1, 0.15) is 6.92 Å². The van der Waals surface area contributed by atoms with Crippen LogP contribution in [0, 0.1) is 0 Å². The molecule has 0 amide bonds. The summed E-state index contributed by atoms with van der Waals surface area (Å²) in [5.74, 6) is 0. The fraction of sp³-hybridized carbons (Fsp3) is 0.500. The summed E-state index contributed by atoms with van der Waals surface area (Å²) in [6, 6.07) is 0. The van der Waals surface area contributed by atoms with Crippen LogP contribution in [0.2, 0.25) is 0 Å². The standard InChI is InChI=1S/C6H11N3S/c1-3-8-9-5-4-7-6(9)10-2/h4-5,8H,3H2,1-2H3. The zero-order valence-corrected chi connectivity index (χ0v) is 6.98. The molecule has 0 atom stereocenters. The molecule has 1 aromatic rings. The van der Waals surface area contributed by atoms with Crippen molar-refractivity contribution in [2.45, 2.75) is 12.1 Å². The van der Waals surface area contributed by atoms with Crippen LogP contribution in [0.15, 0.2) is 17.6 Å². The lowest BCUT2D eigenvalue weighted by atomic mass is 10.8. The molecule has 0 bridgehead atoms. The molecule has 0 saturated heterocycles. The summed E-state index contributed by atoms with van der Waals surface area (Å²) in [7, 11) is 0. The fourth-order valence-electron chi connectivity index (χ4n) is 0.731. The number of nitrogens with one attached hydrogen (secondary N) is 1. The van der Waals surface area contributed by atoms with E-state index in [1.807, 2.05) is 17.1 Å². The molecule has 1 rings (SSSR count). The molecule has 0 aromatic carbocycles. The van der Waals surface area contributed by atoms with E-state index in [-0.39, 0.29) is 0 Å². The molecule has 0 aliphatic heterocycles. The molecule has 0 aliphatic carbocycles. The molecule has 1 N–H and O–H groups in total. The maximum atomic E-state index is 4.12. The lowest BCUT2D eigenvalue weighted by Crippen LogP contribution is -2.13. The predicted molar refractivity (Wildman–Crippen MR) is 43.9 cm³/mol. The molecule has 10 heavy (non-hydrogen) atoms. The van der Waals surface area contributed by atoms with E-state index in [0.29, 0.717) is 0 Å². The maximum absolute atomic E-state index is 4.12. The number of hydrogen-bond acceptors (Lipinski definition) is 3. The van der Waals surface area contributed by atoms with Gasteiger partial charge in [0.05, 0.1) is 0 Å². The minimum atomic E-state index is 0.921. The number of nitrogens with zero attached hydrogens (tertiary/aromatic N) is 2. The van der Waals surface area contributed by atoms with Gasteiger partial charge in [-0.3, -0.25) is 0 Å². The van der Waals surface area contributed by atoms with Crippen molar-refractivity contribution < 1.29 is 0 Å². The molecule has 0 saturated carbocycles. The van der Waals surface area contributed by atoms with Crippen LogP contribution < -0.4 is 5.43 Å². The summed E-state index contributed by atoms with van der Waals surface area (Å²) in [5, 5.41) is 1.00. The van der Waals surface area contributed by atoms with Gasteiger partial charge in [-0.15, -0.1) is 0 Å². The van der Waals surface area contributed by atoms with Crippen LogP contribution in [0.5, 0.6) is 0 Å². The third-order valence-electron chi connectivity index (χ3n) is 1.12. The molecule has 56 valence electrons. The minimum Gasteiger partial charge on any atom is -0.324 e. The molecule has 0 unspecified atom stereocenters. The van der Waals surface area contributed by atoms with Gasteiger partial charge in [-0.05, 0) is 13.2 Å². The van der Waals surface area contributed by atoms with Gasteiger partial charge in [-0.2, -0.15) is 0 Å². The summed E-state index contributed by atoms with van der Waals surface area (Å²) in [6.07, 6.45) is 5.71. The number of thioether (sulfide) groups is 1. The molecule has 1 aromatic heterocycles. The van der Waals surface area contributed by atoms with E-state index in [1.54, 1.807) is 18.0 Å². The number of imidazole rings is 1. The molecular weight excluding hydrogens is 146 g/mol. The van der Waals surface area contributed by atoms with Crippen LogP contribution in [0.3, 0.4) is 0 Å². The second kappa shape index (κ2) is 3.51. The predicted octanol–water partition coefficient (Wildman–Crippen LogP) is 1.17. The second-order valence-electron chi connectivity index (χ2n) is 1.80. The van der Waals surface area contributed by atoms with Crippen LogP contribution in [-0.2, 0) is 0 Å². The largest absolute Gasteiger partial charge is 0.324 e. The van der Waals surface area contributed by atoms with Crippen molar-refractivity contribution in [2.24, 2.45) is 0 Å². The third kappa shape index (κ3) is 1.44. The molecule has 0 spiro atoms. The number of hydrogen-bond donors (Lipinski definition) is 1. The van der Waals surface area contributed by atoms with Gasteiger partial charge in [0, 0.05) is 18.9 Å². The van der Waals surface area contributed by atoms with Gasteiger partial charge < -0.3 is 5.43 Å². The Morgan fingerprint density at radius 3 is 3.20 bits per heavy atom. The van der Waals surface area contributed by atoms with Crippen molar-refractivity contribution in [3.63, 3.8) is 0 Å². The summed E-state index contributed by atoms with van der Waals surface area (Å²) in [6.45, 7) is 2.98. The highest BCUT2D eigenvalue weighted by molar-refractivity contribution is 7.98. The third-order valence-corrected chi connectivity index (χ3v) is 1.79. The van der Waals surface area contributed by atoms with E-state index in [4.69, 9.17) is 0 Å². The first-order valence-electron chi connectivity index (χ1n) is 3.19.